The topological polar surface area (TPSA) is 128 Å². The molecule has 0 saturated carbocycles. The molecule has 1 aliphatic heterocycles. The third-order valence-electron chi connectivity index (χ3n) is 3.14. The van der Waals surface area contributed by atoms with Crippen LogP contribution >= 0.6 is 0 Å². The van der Waals surface area contributed by atoms with Gasteiger partial charge in [-0.1, -0.05) is 0 Å². The van der Waals surface area contributed by atoms with Gasteiger partial charge in [0.25, 0.3) is 5.69 Å². The molecule has 0 spiro atoms. The van der Waals surface area contributed by atoms with E-state index in [-0.39, 0.29) is 36.4 Å². The Kier molecular flexibility index (Phi) is 4.42. The summed E-state index contributed by atoms with van der Waals surface area (Å²) >= 11 is 0. The third kappa shape index (κ3) is 3.13. The molecule has 9 nitrogen and oxygen atoms in total. The molecule has 1 aromatic carbocycles. The van der Waals surface area contributed by atoms with E-state index >= 15 is 0 Å². The Bertz CT molecular complexity index is 648. The van der Waals surface area contributed by atoms with Gasteiger partial charge in [-0.05, 0) is 19.1 Å². The van der Waals surface area contributed by atoms with E-state index in [0.717, 1.165) is 12.1 Å². The Morgan fingerprint density at radius 1 is 1.52 bits per heavy atom. The highest BCUT2D eigenvalue weighted by atomic mass is 32.2. The molecule has 1 aromatic rings. The average molecular weight is 316 g/mol. The number of nitrogens with zero attached hydrogens (tertiary/aromatic N) is 2. The Morgan fingerprint density at radius 3 is 2.81 bits per heavy atom. The molecule has 1 heterocycles. The molecule has 116 valence electrons. The van der Waals surface area contributed by atoms with Crippen molar-refractivity contribution >= 4 is 21.4 Å². The molecule has 1 atom stereocenters. The number of nitro benzene ring substituents is 1. The summed E-state index contributed by atoms with van der Waals surface area (Å²) in [5.74, 6) is 5.24. The lowest BCUT2D eigenvalue weighted by Crippen LogP contribution is -2.44. The van der Waals surface area contributed by atoms with E-state index in [2.05, 4.69) is 5.43 Å². The minimum atomic E-state index is -3.99. The van der Waals surface area contributed by atoms with Crippen molar-refractivity contribution in [2.45, 2.75) is 17.9 Å². The van der Waals surface area contributed by atoms with Gasteiger partial charge in [0.1, 0.15) is 0 Å². The quantitative estimate of drug-likeness (QED) is 0.464. The monoisotopic (exact) mass is 316 g/mol. The van der Waals surface area contributed by atoms with Crippen LogP contribution in [0.2, 0.25) is 0 Å². The minimum Gasteiger partial charge on any atom is -0.376 e. The van der Waals surface area contributed by atoms with Crippen LogP contribution in [0.1, 0.15) is 6.92 Å². The normalized spacial score (nSPS) is 20.2. The number of nitro groups is 1. The van der Waals surface area contributed by atoms with Gasteiger partial charge in [-0.15, -0.1) is 0 Å². The van der Waals surface area contributed by atoms with E-state index in [4.69, 9.17) is 10.6 Å². The first-order valence-corrected chi connectivity index (χ1v) is 7.67. The first kappa shape index (κ1) is 15.6. The van der Waals surface area contributed by atoms with E-state index in [0.29, 0.717) is 0 Å². The molecule has 10 heteroatoms. The maximum absolute atomic E-state index is 12.6. The van der Waals surface area contributed by atoms with Gasteiger partial charge in [-0.25, -0.2) is 8.42 Å². The maximum atomic E-state index is 12.6. The molecule has 0 radical (unpaired) electrons. The average Bonchev–Trinajstić information content (AvgIpc) is 2.46. The Balaban J connectivity index is 2.49. The van der Waals surface area contributed by atoms with Gasteiger partial charge < -0.3 is 10.2 Å². The zero-order valence-electron chi connectivity index (χ0n) is 11.4. The first-order chi connectivity index (χ1) is 9.86. The third-order valence-corrected chi connectivity index (χ3v) is 5.04. The predicted molar refractivity (Wildman–Crippen MR) is 75.1 cm³/mol. The lowest BCUT2D eigenvalue weighted by atomic mass is 10.3. The van der Waals surface area contributed by atoms with E-state index in [1.165, 1.54) is 10.4 Å². The molecule has 1 aliphatic rings. The van der Waals surface area contributed by atoms with Gasteiger partial charge >= 0.3 is 0 Å². The summed E-state index contributed by atoms with van der Waals surface area (Å²) < 4.78 is 31.7. The molecule has 1 saturated heterocycles. The van der Waals surface area contributed by atoms with Crippen molar-refractivity contribution in [3.8, 4) is 0 Å². The van der Waals surface area contributed by atoms with Crippen LogP contribution in [-0.4, -0.2) is 43.4 Å². The van der Waals surface area contributed by atoms with E-state index in [1.807, 2.05) is 0 Å². The number of hydrogen-bond acceptors (Lipinski definition) is 7. The largest absolute Gasteiger partial charge is 0.376 e. The SMILES string of the molecule is CC1CN(S(=O)(=O)c2cc(NN)ccc2[N+](=O)[O-])CCO1. The molecule has 0 amide bonds. The van der Waals surface area contributed by atoms with E-state index in [1.54, 1.807) is 6.92 Å². The highest BCUT2D eigenvalue weighted by Crippen LogP contribution is 2.30. The highest BCUT2D eigenvalue weighted by Gasteiger charge is 2.34. The number of morpholine rings is 1. The summed E-state index contributed by atoms with van der Waals surface area (Å²) in [4.78, 5) is 9.96. The summed E-state index contributed by atoms with van der Waals surface area (Å²) in [7, 11) is -3.99. The van der Waals surface area contributed by atoms with Crippen molar-refractivity contribution in [1.82, 2.24) is 4.31 Å². The standard InChI is InChI=1S/C11H16N4O5S/c1-8-7-14(4-5-20-8)21(18,19)11-6-9(13-12)2-3-10(11)15(16)17/h2-3,6,8,13H,4-5,7,12H2,1H3. The van der Waals surface area contributed by atoms with Crippen LogP contribution in [0.5, 0.6) is 0 Å². The molecule has 1 unspecified atom stereocenters. The second-order valence-electron chi connectivity index (χ2n) is 4.63. The van der Waals surface area contributed by atoms with Crippen molar-refractivity contribution in [3.63, 3.8) is 0 Å². The van der Waals surface area contributed by atoms with Crippen molar-refractivity contribution in [3.05, 3.63) is 28.3 Å². The number of nitrogens with two attached hydrogens (primary N) is 1. The smallest absolute Gasteiger partial charge is 0.289 e. The van der Waals surface area contributed by atoms with Crippen LogP contribution in [-0.2, 0) is 14.8 Å². The molecule has 0 bridgehead atoms. The molecule has 3 N–H and O–H groups in total. The summed E-state index contributed by atoms with van der Waals surface area (Å²) in [5.41, 5.74) is 2.09. The summed E-state index contributed by atoms with van der Waals surface area (Å²) in [6.07, 6.45) is -0.261. The van der Waals surface area contributed by atoms with Gasteiger partial charge in [0, 0.05) is 19.2 Å². The summed E-state index contributed by atoms with van der Waals surface area (Å²) in [6, 6.07) is 3.62. The van der Waals surface area contributed by atoms with Crippen LogP contribution in [0.15, 0.2) is 23.1 Å². The fourth-order valence-electron chi connectivity index (χ4n) is 2.11. The molecule has 0 aromatic heterocycles. The van der Waals surface area contributed by atoms with Crippen LogP contribution in [0, 0.1) is 10.1 Å². The number of nitrogen functional groups attached to an aromatic ring is 1. The Morgan fingerprint density at radius 2 is 2.24 bits per heavy atom. The van der Waals surface area contributed by atoms with Crippen molar-refractivity contribution in [1.29, 1.82) is 0 Å². The predicted octanol–water partition coefficient (Wildman–Crippen LogP) is 0.290. The molecule has 2 rings (SSSR count). The zero-order valence-corrected chi connectivity index (χ0v) is 12.2. The zero-order chi connectivity index (χ0) is 15.6. The van der Waals surface area contributed by atoms with E-state index < -0.39 is 20.6 Å². The number of benzene rings is 1. The number of hydrazine groups is 1. The number of anilines is 1. The van der Waals surface area contributed by atoms with Crippen molar-refractivity contribution in [2.75, 3.05) is 25.1 Å². The second-order valence-corrected chi connectivity index (χ2v) is 6.53. The summed E-state index contributed by atoms with van der Waals surface area (Å²) in [5, 5.41) is 11.1. The number of nitrogens with one attached hydrogen (secondary N) is 1. The number of ether oxygens (including phenoxy) is 1. The Hall–Kier alpha value is -1.75. The van der Waals surface area contributed by atoms with Crippen molar-refractivity contribution in [2.24, 2.45) is 5.84 Å². The van der Waals surface area contributed by atoms with Gasteiger partial charge in [0.05, 0.1) is 23.3 Å². The molecular formula is C11H16N4O5S. The van der Waals surface area contributed by atoms with Crippen LogP contribution in [0.25, 0.3) is 0 Å². The van der Waals surface area contributed by atoms with Gasteiger partial charge in [-0.2, -0.15) is 4.31 Å². The lowest BCUT2D eigenvalue weighted by molar-refractivity contribution is -0.387. The lowest BCUT2D eigenvalue weighted by Gasteiger charge is -2.30. The van der Waals surface area contributed by atoms with Crippen LogP contribution < -0.4 is 11.3 Å². The molecular weight excluding hydrogens is 300 g/mol. The summed E-state index contributed by atoms with van der Waals surface area (Å²) in [6.45, 7) is 2.31. The molecule has 21 heavy (non-hydrogen) atoms. The fraction of sp³-hybridized carbons (Fsp3) is 0.455. The van der Waals surface area contributed by atoms with E-state index in [9.17, 15) is 18.5 Å². The molecule has 0 aliphatic carbocycles. The van der Waals surface area contributed by atoms with Gasteiger partial charge in [0.2, 0.25) is 10.0 Å². The fourth-order valence-corrected chi connectivity index (χ4v) is 3.79. The first-order valence-electron chi connectivity index (χ1n) is 6.23. The Labute approximate surface area is 121 Å². The van der Waals surface area contributed by atoms with Crippen molar-refractivity contribution < 1.29 is 18.1 Å². The number of rotatable bonds is 4. The van der Waals surface area contributed by atoms with Crippen LogP contribution in [0.3, 0.4) is 0 Å². The second kappa shape index (κ2) is 5.93. The number of hydrogen-bond donors (Lipinski definition) is 2. The minimum absolute atomic E-state index is 0.153. The molecule has 1 fully saturated rings. The van der Waals surface area contributed by atoms with Gasteiger partial charge in [0.15, 0.2) is 4.90 Å². The highest BCUT2D eigenvalue weighted by molar-refractivity contribution is 7.89. The number of sulfonamides is 1. The van der Waals surface area contributed by atoms with Crippen LogP contribution in [0.4, 0.5) is 11.4 Å². The maximum Gasteiger partial charge on any atom is 0.289 e. The van der Waals surface area contributed by atoms with Gasteiger partial charge in [-0.3, -0.25) is 16.0 Å².